The molecule has 2 aromatic heterocycles. The molecule has 0 atom stereocenters. The molecule has 3 aromatic carbocycles. The highest BCUT2D eigenvalue weighted by molar-refractivity contribution is 7.91. The Bertz CT molecular complexity index is 1890. The van der Waals surface area contributed by atoms with Crippen molar-refractivity contribution in [2.45, 2.75) is 42.4 Å². The summed E-state index contributed by atoms with van der Waals surface area (Å²) in [6.07, 6.45) is 7.91. The smallest absolute Gasteiger partial charge is 0.303 e. The molecule has 2 heterocycles. The SMILES string of the molecule is CS(=O)(=O)c1c(Oc2cccc(-c3ncc(C4(c5cccc(CCC(=O)O)c5)CCC4)[nH]3)c2)c(F)cc2[nH]ccc12. The zero-order chi connectivity index (χ0) is 28.8. The standard InChI is InChI=1S/C31H28FN3O5S/c1-41(38,39)29-23-11-14-33-25(23)17-24(32)28(29)40-22-8-3-6-20(16-22)30-34-18-26(35-30)31(12-4-13-31)21-7-2-5-19(15-21)9-10-27(36)37/h2-3,5-8,11,14-18,33H,4,9-10,12-13H2,1H3,(H,34,35)(H,36,37). The van der Waals surface area contributed by atoms with Crippen LogP contribution >= 0.6 is 0 Å². The van der Waals surface area contributed by atoms with E-state index in [-0.39, 0.29) is 28.2 Å². The number of carboxylic acid groups (broad SMARTS) is 1. The molecule has 0 aliphatic heterocycles. The number of carbonyl (C=O) groups is 1. The summed E-state index contributed by atoms with van der Waals surface area (Å²) >= 11 is 0. The number of sulfone groups is 1. The van der Waals surface area contributed by atoms with Crippen molar-refractivity contribution in [2.24, 2.45) is 0 Å². The van der Waals surface area contributed by atoms with Crippen LogP contribution in [0.5, 0.6) is 11.5 Å². The second-order valence-electron chi connectivity index (χ2n) is 10.5. The summed E-state index contributed by atoms with van der Waals surface area (Å²) in [4.78, 5) is 21.8. The van der Waals surface area contributed by atoms with E-state index in [9.17, 15) is 13.2 Å². The molecule has 1 fully saturated rings. The number of carboxylic acids is 1. The number of halogens is 1. The summed E-state index contributed by atoms with van der Waals surface area (Å²) in [5, 5.41) is 9.43. The molecule has 1 saturated carbocycles. The second kappa shape index (κ2) is 10.2. The Balaban J connectivity index is 1.31. The average Bonchev–Trinajstić information content (AvgIpc) is 3.57. The molecule has 0 radical (unpaired) electrons. The minimum Gasteiger partial charge on any atom is -0.481 e. The van der Waals surface area contributed by atoms with Crippen molar-refractivity contribution in [2.75, 3.05) is 6.26 Å². The van der Waals surface area contributed by atoms with E-state index in [0.29, 0.717) is 28.7 Å². The summed E-state index contributed by atoms with van der Waals surface area (Å²) in [5.74, 6) is -1.09. The lowest BCUT2D eigenvalue weighted by Crippen LogP contribution is -2.36. The van der Waals surface area contributed by atoms with Gasteiger partial charge < -0.3 is 19.8 Å². The minimum absolute atomic E-state index is 0.0810. The average molecular weight is 574 g/mol. The van der Waals surface area contributed by atoms with Crippen molar-refractivity contribution in [1.29, 1.82) is 0 Å². The summed E-state index contributed by atoms with van der Waals surface area (Å²) in [7, 11) is -3.81. The number of aromatic nitrogens is 3. The summed E-state index contributed by atoms with van der Waals surface area (Å²) in [6, 6.07) is 17.8. The first-order valence-corrected chi connectivity index (χ1v) is 15.2. The lowest BCUT2D eigenvalue weighted by Gasteiger charge is -2.42. The third-order valence-corrected chi connectivity index (χ3v) is 8.97. The van der Waals surface area contributed by atoms with Crippen molar-refractivity contribution in [3.05, 3.63) is 95.7 Å². The van der Waals surface area contributed by atoms with Crippen LogP contribution in [0, 0.1) is 5.82 Å². The largest absolute Gasteiger partial charge is 0.481 e. The lowest BCUT2D eigenvalue weighted by molar-refractivity contribution is -0.136. The summed E-state index contributed by atoms with van der Waals surface area (Å²) < 4.78 is 46.2. The van der Waals surface area contributed by atoms with Gasteiger partial charge in [-0.1, -0.05) is 42.8 Å². The number of nitrogens with zero attached hydrogens (tertiary/aromatic N) is 1. The van der Waals surface area contributed by atoms with Gasteiger partial charge in [-0.2, -0.15) is 0 Å². The number of hydrogen-bond acceptors (Lipinski definition) is 5. The molecule has 10 heteroatoms. The molecule has 5 aromatic rings. The van der Waals surface area contributed by atoms with Crippen molar-refractivity contribution >= 4 is 26.7 Å². The highest BCUT2D eigenvalue weighted by atomic mass is 32.2. The van der Waals surface area contributed by atoms with Gasteiger partial charge in [-0.3, -0.25) is 4.79 Å². The second-order valence-corrected chi connectivity index (χ2v) is 12.5. The number of aromatic amines is 2. The first kappa shape index (κ1) is 26.8. The highest BCUT2D eigenvalue weighted by Crippen LogP contribution is 2.49. The number of aliphatic carboxylic acids is 1. The Morgan fingerprint density at radius 1 is 1.12 bits per heavy atom. The van der Waals surface area contributed by atoms with Crippen LogP contribution < -0.4 is 4.74 Å². The number of ether oxygens (including phenoxy) is 1. The van der Waals surface area contributed by atoms with E-state index in [1.165, 1.54) is 6.07 Å². The third-order valence-electron chi connectivity index (χ3n) is 7.82. The predicted molar refractivity (Wildman–Crippen MR) is 152 cm³/mol. The maximum atomic E-state index is 15.1. The van der Waals surface area contributed by atoms with E-state index in [1.54, 1.807) is 30.5 Å². The molecular weight excluding hydrogens is 545 g/mol. The molecular formula is C31H28FN3O5S. The first-order chi connectivity index (χ1) is 19.6. The van der Waals surface area contributed by atoms with Gasteiger partial charge in [-0.05, 0) is 48.6 Å². The topological polar surface area (TPSA) is 125 Å². The van der Waals surface area contributed by atoms with Gasteiger partial charge in [0.05, 0.1) is 0 Å². The molecule has 0 saturated heterocycles. The summed E-state index contributed by atoms with van der Waals surface area (Å²) in [6.45, 7) is 0. The number of H-pyrrole nitrogens is 2. The molecule has 0 spiro atoms. The monoisotopic (exact) mass is 573 g/mol. The fourth-order valence-electron chi connectivity index (χ4n) is 5.64. The predicted octanol–water partition coefficient (Wildman–Crippen LogP) is 6.38. The number of benzene rings is 3. The zero-order valence-electron chi connectivity index (χ0n) is 22.3. The van der Waals surface area contributed by atoms with Crippen LogP contribution in [0.15, 0.2) is 78.0 Å². The molecule has 0 amide bonds. The molecule has 8 nitrogen and oxygen atoms in total. The van der Waals surface area contributed by atoms with Gasteiger partial charge in [-0.15, -0.1) is 0 Å². The summed E-state index contributed by atoms with van der Waals surface area (Å²) in [5.41, 5.74) is 3.90. The van der Waals surface area contributed by atoms with Crippen LogP contribution in [0.1, 0.15) is 42.5 Å². The Labute approximate surface area is 236 Å². The van der Waals surface area contributed by atoms with Gasteiger partial charge in [0, 0.05) is 58.7 Å². The Morgan fingerprint density at radius 2 is 1.93 bits per heavy atom. The van der Waals surface area contributed by atoms with Gasteiger partial charge in [0.25, 0.3) is 0 Å². The van der Waals surface area contributed by atoms with Crippen molar-refractivity contribution in [3.8, 4) is 22.9 Å². The van der Waals surface area contributed by atoms with Crippen LogP contribution in [-0.2, 0) is 26.5 Å². The Hall–Kier alpha value is -4.44. The molecule has 41 heavy (non-hydrogen) atoms. The molecule has 210 valence electrons. The lowest BCUT2D eigenvalue weighted by atomic mass is 9.62. The molecule has 3 N–H and O–H groups in total. The molecule has 1 aliphatic rings. The number of nitrogens with one attached hydrogen (secondary N) is 2. The quantitative estimate of drug-likeness (QED) is 0.188. The van der Waals surface area contributed by atoms with E-state index in [2.05, 4.69) is 27.1 Å². The van der Waals surface area contributed by atoms with Crippen molar-refractivity contribution in [1.82, 2.24) is 15.0 Å². The zero-order valence-corrected chi connectivity index (χ0v) is 23.1. The van der Waals surface area contributed by atoms with Crippen LogP contribution in [-0.4, -0.2) is 40.7 Å². The van der Waals surface area contributed by atoms with Crippen LogP contribution in [0.2, 0.25) is 0 Å². The molecule has 6 rings (SSSR count). The fourth-order valence-corrected chi connectivity index (χ4v) is 6.69. The number of imidazole rings is 1. The number of rotatable bonds is 9. The Kier molecular flexibility index (Phi) is 6.65. The van der Waals surface area contributed by atoms with Crippen LogP contribution in [0.4, 0.5) is 4.39 Å². The number of fused-ring (bicyclic) bond motifs is 1. The maximum Gasteiger partial charge on any atom is 0.303 e. The van der Waals surface area contributed by atoms with E-state index in [0.717, 1.165) is 42.3 Å². The van der Waals surface area contributed by atoms with Crippen LogP contribution in [0.25, 0.3) is 22.3 Å². The number of hydrogen-bond donors (Lipinski definition) is 3. The fraction of sp³-hybridized carbons (Fsp3) is 0.226. The van der Waals surface area contributed by atoms with E-state index in [4.69, 9.17) is 9.84 Å². The van der Waals surface area contributed by atoms with Crippen molar-refractivity contribution in [3.63, 3.8) is 0 Å². The van der Waals surface area contributed by atoms with Gasteiger partial charge in [0.1, 0.15) is 16.5 Å². The maximum absolute atomic E-state index is 15.1. The van der Waals surface area contributed by atoms with E-state index >= 15 is 4.39 Å². The molecule has 0 unspecified atom stereocenters. The van der Waals surface area contributed by atoms with Gasteiger partial charge in [0.15, 0.2) is 21.4 Å². The van der Waals surface area contributed by atoms with Gasteiger partial charge in [-0.25, -0.2) is 17.8 Å². The Morgan fingerprint density at radius 3 is 2.66 bits per heavy atom. The normalized spacial score (nSPS) is 14.6. The highest BCUT2D eigenvalue weighted by Gasteiger charge is 2.42. The van der Waals surface area contributed by atoms with Crippen molar-refractivity contribution < 1.29 is 27.4 Å². The number of aryl methyl sites for hydroxylation is 1. The molecule has 1 aliphatic carbocycles. The molecule has 0 bridgehead atoms. The van der Waals surface area contributed by atoms with Gasteiger partial charge in [0.2, 0.25) is 0 Å². The minimum atomic E-state index is -3.81. The third kappa shape index (κ3) is 4.99. The van der Waals surface area contributed by atoms with Gasteiger partial charge >= 0.3 is 5.97 Å². The van der Waals surface area contributed by atoms with E-state index < -0.39 is 21.6 Å². The first-order valence-electron chi connectivity index (χ1n) is 13.3. The van der Waals surface area contributed by atoms with E-state index in [1.807, 2.05) is 24.4 Å². The van der Waals surface area contributed by atoms with Crippen LogP contribution in [0.3, 0.4) is 0 Å².